The Kier molecular flexibility index (Phi) is 58.8. The van der Waals surface area contributed by atoms with E-state index >= 15 is 0 Å². The topological polar surface area (TPSA) is 860 Å². The Morgan fingerprint density at radius 3 is 0.905 bits per heavy atom. The molecule has 2 rings (SSSR count). The molecule has 52 nitrogen and oxygen atoms in total. The van der Waals surface area contributed by atoms with Gasteiger partial charge in [-0.05, 0) is 194 Å². The van der Waals surface area contributed by atoms with Crippen LogP contribution >= 0.6 is 12.6 Å². The van der Waals surface area contributed by atoms with Crippen LogP contribution in [0, 0.1) is 0 Å². The van der Waals surface area contributed by atoms with Crippen molar-refractivity contribution >= 4 is 142 Å². The quantitative estimate of drug-likeness (QED) is 0.0166. The van der Waals surface area contributed by atoms with Gasteiger partial charge < -0.3 is 171 Å². The van der Waals surface area contributed by atoms with Gasteiger partial charge in [-0.25, -0.2) is 0 Å². The number of amides is 20. The van der Waals surface area contributed by atoms with Gasteiger partial charge in [0.1, 0.15) is 103 Å². The number of fused-ring (bicyclic) bond motifs is 1. The summed E-state index contributed by atoms with van der Waals surface area (Å²) in [6.07, 6.45) is 4.80. The van der Waals surface area contributed by atoms with E-state index in [4.69, 9.17) is 40.1 Å². The lowest BCUT2D eigenvalue weighted by atomic mass is 10.0. The minimum absolute atomic E-state index is 0.0664. The summed E-state index contributed by atoms with van der Waals surface area (Å²) in [6.45, 7) is 1.52. The van der Waals surface area contributed by atoms with E-state index in [1.807, 2.05) is 0 Å². The first-order valence-electron chi connectivity index (χ1n) is 45.5. The van der Waals surface area contributed by atoms with E-state index in [1.54, 1.807) is 30.5 Å². The Labute approximate surface area is 798 Å². The summed E-state index contributed by atoms with van der Waals surface area (Å²) < 4.78 is 0. The van der Waals surface area contributed by atoms with Crippen LogP contribution in [0.4, 0.5) is 0 Å². The summed E-state index contributed by atoms with van der Waals surface area (Å²) in [5, 5.41) is 95.5. The number of nitrogens with one attached hydrogen (secondary N) is 19. The second kappa shape index (κ2) is 66.5. The van der Waals surface area contributed by atoms with Crippen molar-refractivity contribution in [2.75, 3.05) is 91.3 Å². The van der Waals surface area contributed by atoms with Crippen LogP contribution in [0.15, 0.2) is 30.5 Å². The van der Waals surface area contributed by atoms with Crippen molar-refractivity contribution in [3.05, 3.63) is 36.0 Å². The number of aromatic amines is 1. The van der Waals surface area contributed by atoms with Gasteiger partial charge in [-0.1, -0.05) is 18.2 Å². The Balaban J connectivity index is 2.22. The highest BCUT2D eigenvalue weighted by atomic mass is 32.1. The van der Waals surface area contributed by atoms with Crippen molar-refractivity contribution in [2.45, 2.75) is 266 Å². The molecule has 38 N–H and O–H groups in total. The molecule has 53 heteroatoms. The monoisotopic (exact) mass is 1960 g/mol. The molecule has 0 saturated heterocycles. The summed E-state index contributed by atoms with van der Waals surface area (Å²) in [7, 11) is 0. The number of thiol groups is 1. The number of carbonyl (C=O) groups excluding carboxylic acids is 20. The molecule has 0 aliphatic rings. The minimum Gasteiger partial charge on any atom is -0.394 e. The third-order valence-electron chi connectivity index (χ3n) is 21.4. The van der Waals surface area contributed by atoms with Crippen molar-refractivity contribution in [1.82, 2.24) is 106 Å². The van der Waals surface area contributed by atoms with E-state index < -0.39 is 267 Å². The molecule has 137 heavy (non-hydrogen) atoms. The zero-order valence-corrected chi connectivity index (χ0v) is 79.3. The van der Waals surface area contributed by atoms with Gasteiger partial charge in [-0.15, -0.1) is 0 Å². The molecule has 17 atom stereocenters. The summed E-state index contributed by atoms with van der Waals surface area (Å²) in [4.78, 5) is 275. The predicted molar refractivity (Wildman–Crippen MR) is 500 cm³/mol. The standard InChI is InChI=1S/C84H145N27O25S/c1-45(69(121)101-55(24-10-16-30-86)74(126)106-61(38-112)73(125)93-37-67(119)100-54(68(91)120)23-9-15-29-85)95-79(131)62(39-113)107-75(127)56(25-11-17-31-87)102-70(122)46(2)96-80(132)63(40-114)108-76(128)57(26-12-18-32-88)103-71(123)47(3)97-81(133)64(41-115)109-77(129)58(27-13-19-33-89)104-72(124)48(4)98-82(134)65(42-116)110-78(130)59(28-14-20-34-90)105-83(135)66(43-137)111(44-94-49(5)117)84(136)60(99-50(6)118)35-51-36-92-53-22-8-7-21-52(51)53/h7-8,21-22,36,45-48,54-66,92,112-116,137H,9-20,23-35,37-44,85-90H2,1-6H3,(H2,91,120)(H,93,125)(H,94,117)(H,95,131)(H,96,132)(H,97,133)(H,98,134)(H,99,118)(H,100,119)(H,101,121)(H,102,122)(H,103,123)(H,104,124)(H,105,135)(H,106,126)(H,107,127)(H,108,128)(H,109,129)(H,110,130)/t45-,46-,47-,48-,54-,55-,56-,57-,58-,59-,60-,61-,62-,63-,64-,65-,66-/m0/s1. The van der Waals surface area contributed by atoms with Crippen molar-refractivity contribution in [3.8, 4) is 0 Å². The number of aromatic nitrogens is 1. The second-order valence-corrected chi connectivity index (χ2v) is 33.0. The minimum atomic E-state index is -1.84. The Morgan fingerprint density at radius 1 is 0.336 bits per heavy atom. The van der Waals surface area contributed by atoms with Gasteiger partial charge >= 0.3 is 0 Å². The van der Waals surface area contributed by atoms with Gasteiger partial charge in [0.2, 0.25) is 118 Å². The van der Waals surface area contributed by atoms with Gasteiger partial charge in [0, 0.05) is 43.1 Å². The predicted octanol–water partition coefficient (Wildman–Crippen LogP) is -12.9. The lowest BCUT2D eigenvalue weighted by Crippen LogP contribution is -2.62. The lowest BCUT2D eigenvalue weighted by molar-refractivity contribution is -0.144. The number of benzene rings is 1. The number of unbranched alkanes of at least 4 members (excludes halogenated alkanes) is 6. The number of hydrogen-bond donors (Lipinski definition) is 32. The highest BCUT2D eigenvalue weighted by Crippen LogP contribution is 2.21. The molecule has 20 amide bonds. The molecule has 0 aliphatic carbocycles. The highest BCUT2D eigenvalue weighted by molar-refractivity contribution is 7.80. The number of rotatable bonds is 70. The molecule has 0 radical (unpaired) electrons. The van der Waals surface area contributed by atoms with Gasteiger partial charge in [0.25, 0.3) is 0 Å². The molecule has 0 fully saturated rings. The maximum Gasteiger partial charge on any atom is 0.247 e. The van der Waals surface area contributed by atoms with E-state index in [9.17, 15) is 121 Å². The number of hydrogen-bond acceptors (Lipinski definition) is 32. The summed E-state index contributed by atoms with van der Waals surface area (Å²) >= 11 is 4.38. The van der Waals surface area contributed by atoms with E-state index in [0.29, 0.717) is 57.1 Å². The number of H-pyrrole nitrogens is 1. The highest BCUT2D eigenvalue weighted by Gasteiger charge is 2.40. The fraction of sp³-hybridized carbons (Fsp3) is 0.667. The Bertz CT molecular complexity index is 4270. The molecule has 0 unspecified atom stereocenters. The zero-order chi connectivity index (χ0) is 103. The first-order valence-corrected chi connectivity index (χ1v) is 46.1. The van der Waals surface area contributed by atoms with E-state index in [2.05, 4.69) is 113 Å². The van der Waals surface area contributed by atoms with Gasteiger partial charge in [-0.2, -0.15) is 12.6 Å². The summed E-state index contributed by atoms with van der Waals surface area (Å²) in [5.74, 6) is -19.9. The number of aliphatic hydroxyl groups is 5. The number of carbonyl (C=O) groups is 20. The Morgan fingerprint density at radius 2 is 0.620 bits per heavy atom. The fourth-order valence-corrected chi connectivity index (χ4v) is 13.8. The number of nitrogens with two attached hydrogens (primary N) is 7. The number of aliphatic hydroxyl groups excluding tert-OH is 5. The number of primary amides is 1. The SMILES string of the molecule is CC(=O)NCN(C(=O)[C@H](Cc1c[nH]c2ccccc12)NC(C)=O)[C@@H](CS)C(=O)N[C@@H](CCCCN)C(=O)N[C@@H](CO)C(=O)N[C@@H](C)C(=O)N[C@@H](CCCCN)C(=O)N[C@@H](CO)C(=O)N[C@@H](C)C(=O)N[C@@H](CCCCN)C(=O)N[C@@H](CO)C(=O)N[C@@H](C)C(=O)N[C@@H](CCCCN)C(=O)N[C@@H](CO)C(=O)N[C@@H](C)C(=O)N[C@@H](CCCCN)C(=O)N[C@@H](CO)C(=O)NCC(=O)N[C@@H](CCCCN)C(N)=O. The molecule has 0 spiro atoms. The van der Waals surface area contributed by atoms with Crippen LogP contribution in [0.25, 0.3) is 10.9 Å². The lowest BCUT2D eigenvalue weighted by Gasteiger charge is -2.34. The fourth-order valence-electron chi connectivity index (χ4n) is 13.5. The molecule has 0 aliphatic heterocycles. The molecule has 772 valence electrons. The normalized spacial score (nSPS) is 14.8. The Hall–Kier alpha value is -11.9. The number of para-hydroxylation sites is 1. The molecular formula is C84H145N27O25S. The average Bonchev–Trinajstić information content (AvgIpc) is 1.73. The molecular weight excluding hydrogens is 1820 g/mol. The molecule has 2 aromatic rings. The van der Waals surface area contributed by atoms with Crippen molar-refractivity contribution in [3.63, 3.8) is 0 Å². The number of nitrogens with zero attached hydrogens (tertiary/aromatic N) is 1. The van der Waals surface area contributed by atoms with E-state index in [0.717, 1.165) is 22.7 Å². The third-order valence-corrected chi connectivity index (χ3v) is 21.8. The molecule has 1 aromatic carbocycles. The summed E-state index contributed by atoms with van der Waals surface area (Å²) in [5.41, 5.74) is 40.8. The second-order valence-electron chi connectivity index (χ2n) is 32.6. The smallest absolute Gasteiger partial charge is 0.247 e. The summed E-state index contributed by atoms with van der Waals surface area (Å²) in [6, 6.07) is -19.3. The van der Waals surface area contributed by atoms with Crippen molar-refractivity contribution in [2.24, 2.45) is 40.1 Å². The van der Waals surface area contributed by atoms with E-state index in [1.165, 1.54) is 34.6 Å². The van der Waals surface area contributed by atoms with Crippen LogP contribution in [0.5, 0.6) is 0 Å². The van der Waals surface area contributed by atoms with Gasteiger partial charge in [-0.3, -0.25) is 95.9 Å². The van der Waals surface area contributed by atoms with Crippen LogP contribution in [-0.2, 0) is 102 Å². The van der Waals surface area contributed by atoms with Crippen LogP contribution in [0.1, 0.15) is 163 Å². The molecule has 0 saturated carbocycles. The van der Waals surface area contributed by atoms with Crippen LogP contribution < -0.4 is 136 Å². The largest absolute Gasteiger partial charge is 0.394 e. The van der Waals surface area contributed by atoms with Crippen LogP contribution in [-0.4, -0.2) is 348 Å². The molecule has 0 bridgehead atoms. The van der Waals surface area contributed by atoms with Crippen molar-refractivity contribution in [1.29, 1.82) is 0 Å². The van der Waals surface area contributed by atoms with Gasteiger partial charge in [0.05, 0.1) is 46.2 Å². The third kappa shape index (κ3) is 44.4. The maximum absolute atomic E-state index is 14.6. The van der Waals surface area contributed by atoms with Gasteiger partial charge in [0.15, 0.2) is 0 Å². The van der Waals surface area contributed by atoms with Crippen molar-refractivity contribution < 1.29 is 121 Å². The zero-order valence-electron chi connectivity index (χ0n) is 78.4. The van der Waals surface area contributed by atoms with Crippen LogP contribution in [0.2, 0.25) is 0 Å². The molecule has 1 aromatic heterocycles. The van der Waals surface area contributed by atoms with E-state index in [-0.39, 0.29) is 116 Å². The maximum atomic E-state index is 14.6. The molecule has 1 heterocycles. The average molecular weight is 1970 g/mol. The first-order chi connectivity index (χ1) is 65.1. The van der Waals surface area contributed by atoms with Crippen LogP contribution in [0.3, 0.4) is 0 Å². The first kappa shape index (κ1) is 121.